The lowest BCUT2D eigenvalue weighted by Crippen LogP contribution is -2.45. The van der Waals surface area contributed by atoms with Gasteiger partial charge in [-0.3, -0.25) is 4.79 Å². The number of hydrogen-bond acceptors (Lipinski definition) is 4. The van der Waals surface area contributed by atoms with E-state index in [-0.39, 0.29) is 5.91 Å². The number of furan rings is 1. The number of thioether (sulfide) groups is 1. The van der Waals surface area contributed by atoms with Gasteiger partial charge in [-0.15, -0.1) is 0 Å². The summed E-state index contributed by atoms with van der Waals surface area (Å²) in [6.45, 7) is 4.12. The first kappa shape index (κ1) is 12.1. The Balaban J connectivity index is 2.54. The van der Waals surface area contributed by atoms with E-state index in [1.807, 2.05) is 20.1 Å². The number of nitrogens with one attached hydrogen (secondary N) is 1. The average molecular weight is 228 g/mol. The van der Waals surface area contributed by atoms with Crippen molar-refractivity contribution in [3.05, 3.63) is 17.9 Å². The monoisotopic (exact) mass is 228 g/mol. The molecule has 0 saturated carbocycles. The minimum Gasteiger partial charge on any atom is -0.445 e. The fraction of sp³-hybridized carbons (Fsp3) is 0.500. The molecule has 0 aliphatic rings. The van der Waals surface area contributed by atoms with Crippen LogP contribution in [0.1, 0.15) is 24.4 Å². The number of hydrogen-bond donors (Lipinski definition) is 2. The molecule has 1 aromatic heterocycles. The minimum absolute atomic E-state index is 0.228. The van der Waals surface area contributed by atoms with Crippen LogP contribution in [0.15, 0.2) is 21.6 Å². The van der Waals surface area contributed by atoms with Crippen molar-refractivity contribution >= 4 is 17.7 Å². The highest BCUT2D eigenvalue weighted by atomic mass is 32.2. The molecule has 0 fully saturated rings. The summed E-state index contributed by atoms with van der Waals surface area (Å²) in [4.78, 5) is 11.6. The van der Waals surface area contributed by atoms with Crippen LogP contribution in [-0.2, 0) is 0 Å². The lowest BCUT2D eigenvalue weighted by molar-refractivity contribution is 0.0913. The van der Waals surface area contributed by atoms with Gasteiger partial charge < -0.3 is 15.5 Å². The number of nitrogens with two attached hydrogens (primary N) is 1. The molecule has 1 amide bonds. The molecule has 5 heteroatoms. The van der Waals surface area contributed by atoms with Gasteiger partial charge in [-0.05, 0) is 32.2 Å². The molecule has 84 valence electrons. The van der Waals surface area contributed by atoms with Crippen LogP contribution in [0.4, 0.5) is 0 Å². The van der Waals surface area contributed by atoms with Crippen molar-refractivity contribution in [3.8, 4) is 0 Å². The molecule has 1 heterocycles. The lowest BCUT2D eigenvalue weighted by Gasteiger charge is -2.18. The van der Waals surface area contributed by atoms with E-state index in [4.69, 9.17) is 10.2 Å². The summed E-state index contributed by atoms with van der Waals surface area (Å²) in [5.74, 6) is 0.0948. The summed E-state index contributed by atoms with van der Waals surface area (Å²) in [5.41, 5.74) is 5.33. The molecule has 0 spiro atoms. The summed E-state index contributed by atoms with van der Waals surface area (Å²) in [7, 11) is 0. The Morgan fingerprint density at radius 2 is 2.27 bits per heavy atom. The second-order valence-corrected chi connectivity index (χ2v) is 4.80. The molecule has 3 N–H and O–H groups in total. The molecule has 0 atom stereocenters. The van der Waals surface area contributed by atoms with Crippen molar-refractivity contribution in [3.63, 3.8) is 0 Å². The zero-order valence-corrected chi connectivity index (χ0v) is 9.98. The molecule has 15 heavy (non-hydrogen) atoms. The zero-order valence-electron chi connectivity index (χ0n) is 9.16. The van der Waals surface area contributed by atoms with Crippen LogP contribution in [0.5, 0.6) is 0 Å². The van der Waals surface area contributed by atoms with Gasteiger partial charge in [0.2, 0.25) is 0 Å². The Hall–Kier alpha value is -0.940. The van der Waals surface area contributed by atoms with Crippen LogP contribution in [0.25, 0.3) is 0 Å². The number of carbonyl (C=O) groups excluding carboxylic acids is 1. The van der Waals surface area contributed by atoms with Gasteiger partial charge in [0.05, 0.1) is 0 Å². The van der Waals surface area contributed by atoms with Gasteiger partial charge in [0, 0.05) is 12.1 Å². The van der Waals surface area contributed by atoms with Gasteiger partial charge in [-0.25, -0.2) is 0 Å². The van der Waals surface area contributed by atoms with Gasteiger partial charge in [0.25, 0.3) is 5.91 Å². The summed E-state index contributed by atoms with van der Waals surface area (Å²) in [5, 5.41) is 3.44. The highest BCUT2D eigenvalue weighted by Gasteiger charge is 2.15. The Morgan fingerprint density at radius 1 is 1.60 bits per heavy atom. The summed E-state index contributed by atoms with van der Waals surface area (Å²) < 4.78 is 5.27. The SMILES string of the molecule is CSc1ccc(C(=O)NCC(C)(C)N)o1. The largest absolute Gasteiger partial charge is 0.445 e. The minimum atomic E-state index is -0.412. The highest BCUT2D eigenvalue weighted by molar-refractivity contribution is 7.98. The molecule has 0 bridgehead atoms. The van der Waals surface area contributed by atoms with Crippen molar-refractivity contribution in [2.24, 2.45) is 5.73 Å². The molecule has 0 radical (unpaired) electrons. The standard InChI is InChI=1S/C10H16N2O2S/c1-10(2,11)6-12-9(13)7-4-5-8(14-7)15-3/h4-5H,6,11H2,1-3H3,(H,12,13). The van der Waals surface area contributed by atoms with E-state index < -0.39 is 5.54 Å². The molecule has 1 aromatic rings. The average Bonchev–Trinajstić information content (AvgIpc) is 2.61. The van der Waals surface area contributed by atoms with E-state index in [9.17, 15) is 4.79 Å². The third-order valence-electron chi connectivity index (χ3n) is 1.71. The van der Waals surface area contributed by atoms with Gasteiger partial charge in [-0.2, -0.15) is 0 Å². The quantitative estimate of drug-likeness (QED) is 0.766. The Morgan fingerprint density at radius 3 is 2.73 bits per heavy atom. The van der Waals surface area contributed by atoms with Crippen LogP contribution >= 0.6 is 11.8 Å². The van der Waals surface area contributed by atoms with Crippen molar-refractivity contribution in [1.29, 1.82) is 0 Å². The maximum atomic E-state index is 11.6. The molecule has 1 rings (SSSR count). The topological polar surface area (TPSA) is 68.3 Å². The maximum absolute atomic E-state index is 11.6. The van der Waals surface area contributed by atoms with Crippen molar-refractivity contribution in [1.82, 2.24) is 5.32 Å². The van der Waals surface area contributed by atoms with E-state index in [1.54, 1.807) is 12.1 Å². The van der Waals surface area contributed by atoms with E-state index in [1.165, 1.54) is 11.8 Å². The summed E-state index contributed by atoms with van der Waals surface area (Å²) in [6, 6.07) is 3.43. The molecule has 0 aromatic carbocycles. The third kappa shape index (κ3) is 3.97. The zero-order chi connectivity index (χ0) is 11.5. The van der Waals surface area contributed by atoms with Crippen molar-refractivity contribution < 1.29 is 9.21 Å². The summed E-state index contributed by atoms with van der Waals surface area (Å²) in [6.07, 6.45) is 1.89. The van der Waals surface area contributed by atoms with Crippen LogP contribution in [-0.4, -0.2) is 24.2 Å². The van der Waals surface area contributed by atoms with Crippen molar-refractivity contribution in [2.45, 2.75) is 24.5 Å². The number of amides is 1. The first-order chi connectivity index (χ1) is 6.92. The normalized spacial score (nSPS) is 11.5. The molecule has 4 nitrogen and oxygen atoms in total. The van der Waals surface area contributed by atoms with Crippen LogP contribution in [0, 0.1) is 0 Å². The summed E-state index contributed by atoms with van der Waals surface area (Å²) >= 11 is 1.46. The fourth-order valence-electron chi connectivity index (χ4n) is 0.947. The van der Waals surface area contributed by atoms with Crippen LogP contribution in [0.2, 0.25) is 0 Å². The van der Waals surface area contributed by atoms with Gasteiger partial charge >= 0.3 is 0 Å². The second kappa shape index (κ2) is 4.72. The number of carbonyl (C=O) groups is 1. The molecular weight excluding hydrogens is 212 g/mol. The smallest absolute Gasteiger partial charge is 0.287 e. The van der Waals surface area contributed by atoms with Gasteiger partial charge in [-0.1, -0.05) is 11.8 Å². The molecule has 0 unspecified atom stereocenters. The van der Waals surface area contributed by atoms with Gasteiger partial charge in [0.1, 0.15) is 0 Å². The molecule has 0 saturated heterocycles. The van der Waals surface area contributed by atoms with E-state index in [0.29, 0.717) is 12.3 Å². The Kier molecular flexibility index (Phi) is 3.82. The molecule has 0 aliphatic heterocycles. The van der Waals surface area contributed by atoms with E-state index in [2.05, 4.69) is 5.32 Å². The predicted octanol–water partition coefficient (Wildman–Crippen LogP) is 1.47. The Labute approximate surface area is 93.6 Å². The van der Waals surface area contributed by atoms with E-state index in [0.717, 1.165) is 5.09 Å². The van der Waals surface area contributed by atoms with E-state index >= 15 is 0 Å². The fourth-order valence-corrected chi connectivity index (χ4v) is 1.32. The maximum Gasteiger partial charge on any atom is 0.287 e. The molecule has 0 aliphatic carbocycles. The third-order valence-corrected chi connectivity index (χ3v) is 2.33. The van der Waals surface area contributed by atoms with Crippen molar-refractivity contribution in [2.75, 3.05) is 12.8 Å². The first-order valence-corrected chi connectivity index (χ1v) is 5.86. The lowest BCUT2D eigenvalue weighted by atomic mass is 10.1. The Bertz CT molecular complexity index is 341. The second-order valence-electron chi connectivity index (χ2n) is 3.99. The van der Waals surface area contributed by atoms with Crippen LogP contribution in [0.3, 0.4) is 0 Å². The van der Waals surface area contributed by atoms with Gasteiger partial charge in [0.15, 0.2) is 10.9 Å². The van der Waals surface area contributed by atoms with Crippen LogP contribution < -0.4 is 11.1 Å². The molecular formula is C10H16N2O2S. The first-order valence-electron chi connectivity index (χ1n) is 4.63. The highest BCUT2D eigenvalue weighted by Crippen LogP contribution is 2.17. The number of rotatable bonds is 4. The predicted molar refractivity (Wildman–Crippen MR) is 61.1 cm³/mol.